The summed E-state index contributed by atoms with van der Waals surface area (Å²) in [6, 6.07) is 5.96. The number of aryl methyl sites for hydroxylation is 2. The quantitative estimate of drug-likeness (QED) is 0.671. The second-order valence-electron chi connectivity index (χ2n) is 4.47. The van der Waals surface area contributed by atoms with Gasteiger partial charge in [0.25, 0.3) is 0 Å². The van der Waals surface area contributed by atoms with Gasteiger partial charge in [0, 0.05) is 18.1 Å². The van der Waals surface area contributed by atoms with Gasteiger partial charge in [0.1, 0.15) is 0 Å². The lowest BCUT2D eigenvalue weighted by molar-refractivity contribution is -0.116. The first kappa shape index (κ1) is 12.9. The number of fused-ring (bicyclic) bond motifs is 1. The van der Waals surface area contributed by atoms with E-state index < -0.39 is 0 Å². The van der Waals surface area contributed by atoms with Crippen LogP contribution in [-0.4, -0.2) is 32.8 Å². The standard InChI is InChI=1S/C13H13N5OS/c1-8-10-4-3-9(5-11(10)17-18(8)2)6-14-16-13-15-12(19)7-20-13/h3-6H,7H2,1-2H3,(H,15,16,19). The smallest absolute Gasteiger partial charge is 0.236 e. The van der Waals surface area contributed by atoms with Gasteiger partial charge in [0.15, 0.2) is 5.17 Å². The molecule has 1 aliphatic heterocycles. The number of carbonyl (C=O) groups is 1. The Hall–Kier alpha value is -2.15. The maximum atomic E-state index is 11.0. The average molecular weight is 287 g/mol. The number of amides is 1. The van der Waals surface area contributed by atoms with E-state index >= 15 is 0 Å². The molecule has 102 valence electrons. The Morgan fingerprint density at radius 2 is 2.35 bits per heavy atom. The lowest BCUT2D eigenvalue weighted by atomic mass is 10.1. The largest absolute Gasteiger partial charge is 0.303 e. The number of hydrogen-bond donors (Lipinski definition) is 1. The highest BCUT2D eigenvalue weighted by Crippen LogP contribution is 2.17. The zero-order chi connectivity index (χ0) is 14.1. The van der Waals surface area contributed by atoms with Crippen molar-refractivity contribution in [3.63, 3.8) is 0 Å². The number of thioether (sulfide) groups is 1. The van der Waals surface area contributed by atoms with E-state index in [4.69, 9.17) is 0 Å². The fourth-order valence-electron chi connectivity index (χ4n) is 1.96. The van der Waals surface area contributed by atoms with Crippen LogP contribution in [0.15, 0.2) is 28.4 Å². The summed E-state index contributed by atoms with van der Waals surface area (Å²) in [5.74, 6) is 0.377. The Labute approximate surface area is 119 Å². The van der Waals surface area contributed by atoms with E-state index in [0.717, 1.165) is 22.2 Å². The van der Waals surface area contributed by atoms with Crippen molar-refractivity contribution in [2.45, 2.75) is 6.92 Å². The lowest BCUT2D eigenvalue weighted by Crippen LogP contribution is -2.19. The van der Waals surface area contributed by atoms with Crippen LogP contribution < -0.4 is 5.32 Å². The fourth-order valence-corrected chi connectivity index (χ4v) is 2.59. The normalized spacial score (nSPS) is 17.5. The van der Waals surface area contributed by atoms with Crippen LogP contribution in [0.5, 0.6) is 0 Å². The number of amidine groups is 1. The van der Waals surface area contributed by atoms with Gasteiger partial charge >= 0.3 is 0 Å². The molecule has 3 rings (SSSR count). The zero-order valence-corrected chi connectivity index (χ0v) is 11.9. The van der Waals surface area contributed by atoms with Gasteiger partial charge in [0.05, 0.1) is 17.5 Å². The molecule has 1 aromatic carbocycles. The molecule has 20 heavy (non-hydrogen) atoms. The molecule has 0 atom stereocenters. The van der Waals surface area contributed by atoms with E-state index in [2.05, 4.69) is 20.6 Å². The Kier molecular flexibility index (Phi) is 3.27. The van der Waals surface area contributed by atoms with Crippen LogP contribution in [0.3, 0.4) is 0 Å². The molecule has 0 aliphatic carbocycles. The minimum absolute atomic E-state index is 0.0330. The third kappa shape index (κ3) is 2.44. The SMILES string of the molecule is Cc1c2ccc(C=NN=C3NC(=O)CS3)cc2nn1C. The molecule has 0 spiro atoms. The van der Waals surface area contributed by atoms with Gasteiger partial charge in [-0.15, -0.1) is 5.10 Å². The van der Waals surface area contributed by atoms with Crippen molar-refractivity contribution >= 4 is 40.0 Å². The second-order valence-corrected chi connectivity index (χ2v) is 5.44. The summed E-state index contributed by atoms with van der Waals surface area (Å²) in [6.07, 6.45) is 1.65. The number of benzene rings is 1. The summed E-state index contributed by atoms with van der Waals surface area (Å²) in [6.45, 7) is 2.04. The Morgan fingerprint density at radius 1 is 1.50 bits per heavy atom. The molecule has 1 aromatic heterocycles. The maximum Gasteiger partial charge on any atom is 0.236 e. The molecule has 2 heterocycles. The van der Waals surface area contributed by atoms with Gasteiger partial charge < -0.3 is 5.32 Å². The molecule has 0 radical (unpaired) electrons. The monoisotopic (exact) mass is 287 g/mol. The van der Waals surface area contributed by atoms with Crippen LogP contribution in [0, 0.1) is 6.92 Å². The molecule has 7 heteroatoms. The molecular weight excluding hydrogens is 274 g/mol. The number of hydrogen-bond acceptors (Lipinski definition) is 5. The molecule has 1 saturated heterocycles. The summed E-state index contributed by atoms with van der Waals surface area (Å²) in [4.78, 5) is 11.0. The summed E-state index contributed by atoms with van der Waals surface area (Å²) < 4.78 is 1.86. The third-order valence-corrected chi connectivity index (χ3v) is 3.96. The molecule has 0 bridgehead atoms. The van der Waals surface area contributed by atoms with E-state index in [1.165, 1.54) is 11.8 Å². The zero-order valence-electron chi connectivity index (χ0n) is 11.1. The van der Waals surface area contributed by atoms with E-state index in [1.54, 1.807) is 6.21 Å². The maximum absolute atomic E-state index is 11.0. The summed E-state index contributed by atoms with van der Waals surface area (Å²) in [7, 11) is 1.93. The number of carbonyl (C=O) groups excluding carboxylic acids is 1. The van der Waals surface area contributed by atoms with Crippen LogP contribution in [0.25, 0.3) is 10.9 Å². The minimum atomic E-state index is -0.0330. The topological polar surface area (TPSA) is 71.6 Å². The summed E-state index contributed by atoms with van der Waals surface area (Å²) in [5, 5.41) is 16.7. The van der Waals surface area contributed by atoms with Gasteiger partial charge in [-0.25, -0.2) is 0 Å². The molecule has 1 aliphatic rings. The minimum Gasteiger partial charge on any atom is -0.303 e. The number of nitrogens with zero attached hydrogens (tertiary/aromatic N) is 4. The summed E-state index contributed by atoms with van der Waals surface area (Å²) >= 11 is 1.35. The molecule has 2 aromatic rings. The molecule has 0 unspecified atom stereocenters. The first-order chi connectivity index (χ1) is 9.63. The Morgan fingerprint density at radius 3 is 3.10 bits per heavy atom. The highest BCUT2D eigenvalue weighted by Gasteiger charge is 2.15. The highest BCUT2D eigenvalue weighted by molar-refractivity contribution is 8.15. The Balaban J connectivity index is 1.82. The van der Waals surface area contributed by atoms with E-state index in [9.17, 15) is 4.79 Å². The predicted octanol–water partition coefficient (Wildman–Crippen LogP) is 1.43. The van der Waals surface area contributed by atoms with Crippen molar-refractivity contribution in [2.75, 3.05) is 5.75 Å². The molecule has 1 fully saturated rings. The van der Waals surface area contributed by atoms with Crippen molar-refractivity contribution in [2.24, 2.45) is 17.3 Å². The summed E-state index contributed by atoms with van der Waals surface area (Å²) in [5.41, 5.74) is 2.99. The average Bonchev–Trinajstić information content (AvgIpc) is 2.95. The first-order valence-electron chi connectivity index (χ1n) is 6.10. The van der Waals surface area contributed by atoms with Crippen LogP contribution in [0.1, 0.15) is 11.3 Å². The van der Waals surface area contributed by atoms with Gasteiger partial charge in [-0.2, -0.15) is 10.2 Å². The second kappa shape index (κ2) is 5.09. The van der Waals surface area contributed by atoms with Crippen LogP contribution in [0.2, 0.25) is 0 Å². The van der Waals surface area contributed by atoms with Gasteiger partial charge in [0.2, 0.25) is 5.91 Å². The van der Waals surface area contributed by atoms with Gasteiger partial charge in [-0.1, -0.05) is 23.9 Å². The number of rotatable bonds is 2. The molecular formula is C13H13N5OS. The molecule has 6 nitrogen and oxygen atoms in total. The molecule has 1 N–H and O–H groups in total. The van der Waals surface area contributed by atoms with Crippen molar-refractivity contribution in [3.05, 3.63) is 29.5 Å². The number of aromatic nitrogens is 2. The lowest BCUT2D eigenvalue weighted by Gasteiger charge is -1.93. The van der Waals surface area contributed by atoms with Crippen LogP contribution in [0.4, 0.5) is 0 Å². The van der Waals surface area contributed by atoms with Crippen LogP contribution in [-0.2, 0) is 11.8 Å². The van der Waals surface area contributed by atoms with Crippen molar-refractivity contribution < 1.29 is 4.79 Å². The van der Waals surface area contributed by atoms with Crippen molar-refractivity contribution in [3.8, 4) is 0 Å². The van der Waals surface area contributed by atoms with Gasteiger partial charge in [-0.3, -0.25) is 9.48 Å². The molecule has 0 saturated carbocycles. The first-order valence-corrected chi connectivity index (χ1v) is 7.09. The van der Waals surface area contributed by atoms with Gasteiger partial charge in [-0.05, 0) is 18.6 Å². The van der Waals surface area contributed by atoms with E-state index in [-0.39, 0.29) is 5.91 Å². The van der Waals surface area contributed by atoms with E-state index in [1.807, 2.05) is 36.9 Å². The Bertz CT molecular complexity index is 747. The number of nitrogens with one attached hydrogen (secondary N) is 1. The van der Waals surface area contributed by atoms with E-state index in [0.29, 0.717) is 10.9 Å². The fraction of sp³-hybridized carbons (Fsp3) is 0.231. The highest BCUT2D eigenvalue weighted by atomic mass is 32.2. The van der Waals surface area contributed by atoms with Crippen molar-refractivity contribution in [1.82, 2.24) is 15.1 Å². The van der Waals surface area contributed by atoms with Crippen molar-refractivity contribution in [1.29, 1.82) is 0 Å². The molecule has 1 amide bonds. The third-order valence-electron chi connectivity index (χ3n) is 3.10. The predicted molar refractivity (Wildman–Crippen MR) is 81.1 cm³/mol. The van der Waals surface area contributed by atoms with Crippen LogP contribution >= 0.6 is 11.8 Å².